The molecule has 0 bridgehead atoms. The van der Waals surface area contributed by atoms with E-state index in [1.54, 1.807) is 6.20 Å². The maximum Gasteiger partial charge on any atom is 0.170 e. The highest BCUT2D eigenvalue weighted by atomic mass is 32.1. The topological polar surface area (TPSA) is 64.2 Å². The van der Waals surface area contributed by atoms with Crippen LogP contribution in [-0.4, -0.2) is 38.2 Å². The van der Waals surface area contributed by atoms with Gasteiger partial charge in [-0.25, -0.2) is 0 Å². The Morgan fingerprint density at radius 3 is 2.85 bits per heavy atom. The van der Waals surface area contributed by atoms with Gasteiger partial charge in [0.2, 0.25) is 0 Å². The summed E-state index contributed by atoms with van der Waals surface area (Å²) in [7, 11) is 0. The van der Waals surface area contributed by atoms with E-state index < -0.39 is 0 Å². The summed E-state index contributed by atoms with van der Waals surface area (Å²) in [6.07, 6.45) is 3.67. The second kappa shape index (κ2) is 5.60. The second-order valence-electron chi connectivity index (χ2n) is 4.67. The first-order valence-electron chi connectivity index (χ1n) is 6.53. The molecule has 1 aliphatic rings. The highest BCUT2D eigenvalue weighted by molar-refractivity contribution is 7.80. The van der Waals surface area contributed by atoms with E-state index in [0.29, 0.717) is 11.7 Å². The van der Waals surface area contributed by atoms with Gasteiger partial charge in [0, 0.05) is 24.6 Å². The molecule has 0 amide bonds. The molecule has 1 fully saturated rings. The third-order valence-corrected chi connectivity index (χ3v) is 3.83. The van der Waals surface area contributed by atoms with Crippen LogP contribution in [0.15, 0.2) is 42.7 Å². The van der Waals surface area contributed by atoms with Crippen LogP contribution in [0.3, 0.4) is 0 Å². The Balaban J connectivity index is 1.99. The van der Waals surface area contributed by atoms with Gasteiger partial charge in [-0.05, 0) is 36.5 Å². The monoisotopic (exact) mass is 288 g/mol. The van der Waals surface area contributed by atoms with Gasteiger partial charge in [0.15, 0.2) is 5.11 Å². The molecule has 6 heteroatoms. The van der Waals surface area contributed by atoms with Crippen molar-refractivity contribution in [2.75, 3.05) is 13.2 Å². The van der Waals surface area contributed by atoms with Crippen molar-refractivity contribution in [3.05, 3.63) is 54.1 Å². The Morgan fingerprint density at radius 2 is 2.20 bits per heavy atom. The molecule has 0 aromatic carbocycles. The van der Waals surface area contributed by atoms with E-state index in [-0.39, 0.29) is 18.7 Å². The van der Waals surface area contributed by atoms with Crippen molar-refractivity contribution in [3.8, 4) is 0 Å². The first kappa shape index (κ1) is 13.1. The predicted molar refractivity (Wildman–Crippen MR) is 80.0 cm³/mol. The van der Waals surface area contributed by atoms with Crippen molar-refractivity contribution >= 4 is 17.3 Å². The zero-order valence-corrected chi connectivity index (χ0v) is 11.7. The average molecular weight is 288 g/mol. The number of β-amino-alcohol motifs (C(OH)–C–C–N with tert-alkyl or cyclic N) is 1. The molecule has 3 N–H and O–H groups in total. The van der Waals surface area contributed by atoms with E-state index in [2.05, 4.69) is 15.3 Å². The lowest BCUT2D eigenvalue weighted by molar-refractivity contribution is 0.221. The van der Waals surface area contributed by atoms with Crippen LogP contribution in [-0.2, 0) is 0 Å². The molecule has 2 aromatic heterocycles. The lowest BCUT2D eigenvalue weighted by Crippen LogP contribution is -2.32. The number of rotatable bonds is 4. The third-order valence-electron chi connectivity index (χ3n) is 3.48. The summed E-state index contributed by atoms with van der Waals surface area (Å²) >= 11 is 5.40. The first-order chi connectivity index (χ1) is 9.81. The molecule has 3 rings (SSSR count). The van der Waals surface area contributed by atoms with E-state index in [1.165, 1.54) is 0 Å². The molecule has 0 spiro atoms. The minimum absolute atomic E-state index is 0.0135. The number of pyridine rings is 1. The van der Waals surface area contributed by atoms with Crippen LogP contribution < -0.4 is 5.32 Å². The molecule has 0 radical (unpaired) electrons. The molecule has 3 heterocycles. The fourth-order valence-corrected chi connectivity index (χ4v) is 2.95. The Morgan fingerprint density at radius 1 is 1.30 bits per heavy atom. The van der Waals surface area contributed by atoms with Crippen molar-refractivity contribution in [1.82, 2.24) is 20.2 Å². The van der Waals surface area contributed by atoms with Gasteiger partial charge in [0.25, 0.3) is 0 Å². The van der Waals surface area contributed by atoms with E-state index in [1.807, 2.05) is 41.4 Å². The number of aliphatic hydroxyl groups excluding tert-OH is 1. The zero-order chi connectivity index (χ0) is 13.9. The summed E-state index contributed by atoms with van der Waals surface area (Å²) in [6, 6.07) is 9.83. The highest BCUT2D eigenvalue weighted by Gasteiger charge is 2.39. The number of H-pyrrole nitrogens is 1. The van der Waals surface area contributed by atoms with E-state index in [4.69, 9.17) is 12.2 Å². The summed E-state index contributed by atoms with van der Waals surface area (Å²) in [4.78, 5) is 9.66. The maximum atomic E-state index is 9.26. The number of hydrogen-bond acceptors (Lipinski definition) is 3. The predicted octanol–water partition coefficient (Wildman–Crippen LogP) is 1.37. The highest BCUT2D eigenvalue weighted by Crippen LogP contribution is 2.37. The minimum Gasteiger partial charge on any atom is -0.395 e. The Hall–Kier alpha value is -1.92. The van der Waals surface area contributed by atoms with Crippen LogP contribution in [0.2, 0.25) is 0 Å². The largest absolute Gasteiger partial charge is 0.395 e. The third kappa shape index (κ3) is 2.28. The first-order valence-corrected chi connectivity index (χ1v) is 6.94. The van der Waals surface area contributed by atoms with Gasteiger partial charge in [-0.2, -0.15) is 0 Å². The Kier molecular flexibility index (Phi) is 3.66. The second-order valence-corrected chi connectivity index (χ2v) is 5.06. The van der Waals surface area contributed by atoms with Crippen molar-refractivity contribution in [1.29, 1.82) is 0 Å². The van der Waals surface area contributed by atoms with E-state index in [9.17, 15) is 5.11 Å². The standard InChI is InChI=1S/C14H16N4OS/c19-9-8-18-13(11-5-3-7-16-11)12(17-14(18)20)10-4-1-2-6-15-10/h1-7,12-13,16,19H,8-9H2,(H,17,20). The molecule has 2 atom stereocenters. The number of aromatic amines is 1. The zero-order valence-electron chi connectivity index (χ0n) is 10.9. The van der Waals surface area contributed by atoms with E-state index >= 15 is 0 Å². The molecule has 0 aliphatic carbocycles. The molecule has 2 unspecified atom stereocenters. The van der Waals surface area contributed by atoms with Crippen molar-refractivity contribution in [2.45, 2.75) is 12.1 Å². The van der Waals surface area contributed by atoms with Gasteiger partial charge < -0.3 is 20.3 Å². The van der Waals surface area contributed by atoms with Gasteiger partial charge in [-0.1, -0.05) is 6.07 Å². The molecule has 1 aliphatic heterocycles. The summed E-state index contributed by atoms with van der Waals surface area (Å²) < 4.78 is 0. The van der Waals surface area contributed by atoms with Crippen LogP contribution in [0.4, 0.5) is 0 Å². The van der Waals surface area contributed by atoms with Crippen LogP contribution in [0.25, 0.3) is 0 Å². The van der Waals surface area contributed by atoms with Crippen molar-refractivity contribution < 1.29 is 5.11 Å². The Labute approximate surface area is 122 Å². The molecular weight excluding hydrogens is 272 g/mol. The fourth-order valence-electron chi connectivity index (χ4n) is 2.62. The lowest BCUT2D eigenvalue weighted by Gasteiger charge is -2.26. The summed E-state index contributed by atoms with van der Waals surface area (Å²) in [5, 5.41) is 13.2. The molecule has 20 heavy (non-hydrogen) atoms. The quantitative estimate of drug-likeness (QED) is 0.742. The molecule has 2 aromatic rings. The van der Waals surface area contributed by atoms with Crippen LogP contribution >= 0.6 is 12.2 Å². The molecule has 1 saturated heterocycles. The summed E-state index contributed by atoms with van der Waals surface area (Å²) in [6.45, 7) is 0.562. The van der Waals surface area contributed by atoms with E-state index in [0.717, 1.165) is 11.4 Å². The number of aliphatic hydroxyl groups is 1. The van der Waals surface area contributed by atoms with Gasteiger partial charge in [0.05, 0.1) is 24.4 Å². The number of aromatic nitrogens is 2. The SMILES string of the molecule is OCCN1C(=S)NC(c2ccccn2)C1c1ccc[nH]1. The van der Waals surface area contributed by atoms with Crippen LogP contribution in [0, 0.1) is 0 Å². The van der Waals surface area contributed by atoms with Crippen LogP contribution in [0.1, 0.15) is 23.5 Å². The fraction of sp³-hybridized carbons (Fsp3) is 0.286. The molecule has 0 saturated carbocycles. The number of thiocarbonyl (C=S) groups is 1. The molecule has 104 valence electrons. The summed E-state index contributed by atoms with van der Waals surface area (Å²) in [5.41, 5.74) is 2.00. The van der Waals surface area contributed by atoms with Gasteiger partial charge >= 0.3 is 0 Å². The van der Waals surface area contributed by atoms with Gasteiger partial charge in [0.1, 0.15) is 0 Å². The molecule has 5 nitrogen and oxygen atoms in total. The van der Waals surface area contributed by atoms with Gasteiger partial charge in [-0.15, -0.1) is 0 Å². The molecular formula is C14H16N4OS. The summed E-state index contributed by atoms with van der Waals surface area (Å²) in [5.74, 6) is 0. The number of nitrogens with one attached hydrogen (secondary N) is 2. The maximum absolute atomic E-state index is 9.26. The minimum atomic E-state index is -0.0195. The Bertz CT molecular complexity index is 572. The van der Waals surface area contributed by atoms with Crippen LogP contribution in [0.5, 0.6) is 0 Å². The van der Waals surface area contributed by atoms with Crippen molar-refractivity contribution in [2.24, 2.45) is 0 Å². The number of nitrogens with zero attached hydrogens (tertiary/aromatic N) is 2. The smallest absolute Gasteiger partial charge is 0.170 e. The van der Waals surface area contributed by atoms with Crippen molar-refractivity contribution in [3.63, 3.8) is 0 Å². The lowest BCUT2D eigenvalue weighted by atomic mass is 10.0. The van der Waals surface area contributed by atoms with Gasteiger partial charge in [-0.3, -0.25) is 4.98 Å². The normalized spacial score (nSPS) is 22.1. The number of hydrogen-bond donors (Lipinski definition) is 3. The average Bonchev–Trinajstić information content (AvgIpc) is 3.09.